The molecular formula is C33H48LiNO4S2. The Morgan fingerprint density at radius 1 is 1.07 bits per heavy atom. The summed E-state index contributed by atoms with van der Waals surface area (Å²) in [6, 6.07) is 13.0. The van der Waals surface area contributed by atoms with Crippen molar-refractivity contribution in [1.82, 2.24) is 5.32 Å². The van der Waals surface area contributed by atoms with Gasteiger partial charge in [0.1, 0.15) is 11.5 Å². The molecule has 0 spiro atoms. The number of aliphatic carboxylic acids is 1. The summed E-state index contributed by atoms with van der Waals surface area (Å²) in [6.45, 7) is 6.44. The van der Waals surface area contributed by atoms with Crippen molar-refractivity contribution in [2.75, 3.05) is 17.8 Å². The van der Waals surface area contributed by atoms with Crippen molar-refractivity contribution < 1.29 is 19.4 Å². The topological polar surface area (TPSA) is 75.6 Å². The number of carbonyl (C=O) groups is 2. The molecule has 0 saturated heterocycles. The van der Waals surface area contributed by atoms with Crippen molar-refractivity contribution in [2.24, 2.45) is 5.92 Å². The average Bonchev–Trinajstić information content (AvgIpc) is 2.95. The summed E-state index contributed by atoms with van der Waals surface area (Å²) in [4.78, 5) is 25.4. The Hall–Kier alpha value is -1.36. The molecule has 3 atom stereocenters. The van der Waals surface area contributed by atoms with E-state index in [9.17, 15) is 14.7 Å². The van der Waals surface area contributed by atoms with Gasteiger partial charge in [-0.1, -0.05) is 75.8 Å². The SMILES string of the molecule is CCCCSC(OC(C)CC1CCCCC1)c1ccc(C(=O)NC(CCSC)C(=O)O)c(-c2ccccc2C)c1.[LiH]. The molecule has 2 N–H and O–H groups in total. The summed E-state index contributed by atoms with van der Waals surface area (Å²) in [5.74, 6) is 1.04. The summed E-state index contributed by atoms with van der Waals surface area (Å²) >= 11 is 3.40. The Balaban J connectivity index is 0.00000588. The third-order valence-corrected chi connectivity index (χ3v) is 9.58. The average molecular weight is 594 g/mol. The number of benzene rings is 2. The molecule has 0 bridgehead atoms. The summed E-state index contributed by atoms with van der Waals surface area (Å²) in [5, 5.41) is 12.5. The molecule has 222 valence electrons. The number of thioether (sulfide) groups is 2. The number of unbranched alkanes of at least 4 members (excludes halogenated alkanes) is 1. The van der Waals surface area contributed by atoms with E-state index >= 15 is 0 Å². The predicted molar refractivity (Wildman–Crippen MR) is 177 cm³/mol. The van der Waals surface area contributed by atoms with Gasteiger partial charge in [-0.25, -0.2) is 4.79 Å². The van der Waals surface area contributed by atoms with E-state index in [1.54, 1.807) is 11.8 Å². The van der Waals surface area contributed by atoms with Crippen LogP contribution in [0.1, 0.15) is 98.6 Å². The van der Waals surface area contributed by atoms with E-state index < -0.39 is 12.0 Å². The van der Waals surface area contributed by atoms with E-state index in [0.717, 1.165) is 53.2 Å². The van der Waals surface area contributed by atoms with Crippen LogP contribution < -0.4 is 5.32 Å². The van der Waals surface area contributed by atoms with Crippen LogP contribution in [0.3, 0.4) is 0 Å². The quantitative estimate of drug-likeness (QED) is 0.117. The fourth-order valence-corrected chi connectivity index (χ4v) is 7.19. The zero-order chi connectivity index (χ0) is 28.9. The van der Waals surface area contributed by atoms with Gasteiger partial charge in [0, 0.05) is 5.56 Å². The Bertz CT molecular complexity index is 1090. The predicted octanol–water partition coefficient (Wildman–Crippen LogP) is 7.86. The Labute approximate surface area is 267 Å². The molecular weight excluding hydrogens is 545 g/mol. The van der Waals surface area contributed by atoms with E-state index in [4.69, 9.17) is 4.74 Å². The fraction of sp³-hybridized carbons (Fsp3) is 0.576. The molecule has 3 rings (SSSR count). The van der Waals surface area contributed by atoms with Crippen LogP contribution in [0.4, 0.5) is 0 Å². The number of carboxylic acids is 1. The molecule has 2 aromatic carbocycles. The number of rotatable bonds is 16. The zero-order valence-electron chi connectivity index (χ0n) is 24.6. The van der Waals surface area contributed by atoms with Gasteiger partial charge in [-0.15, -0.1) is 11.8 Å². The van der Waals surface area contributed by atoms with Crippen LogP contribution in [0, 0.1) is 12.8 Å². The number of nitrogens with one attached hydrogen (secondary N) is 1. The van der Waals surface area contributed by atoms with Gasteiger partial charge in [-0.2, -0.15) is 11.8 Å². The van der Waals surface area contributed by atoms with Crippen LogP contribution >= 0.6 is 23.5 Å². The van der Waals surface area contributed by atoms with Gasteiger partial charge in [0.25, 0.3) is 5.91 Å². The van der Waals surface area contributed by atoms with Gasteiger partial charge < -0.3 is 15.2 Å². The first-order valence-corrected chi connectivity index (χ1v) is 17.3. The molecule has 0 aromatic heterocycles. The summed E-state index contributed by atoms with van der Waals surface area (Å²) in [6.07, 6.45) is 12.4. The first-order valence-electron chi connectivity index (χ1n) is 14.8. The molecule has 0 heterocycles. The number of carboxylic acid groups (broad SMARTS) is 1. The van der Waals surface area contributed by atoms with Crippen molar-refractivity contribution in [3.8, 4) is 11.1 Å². The molecule has 1 aliphatic rings. The molecule has 1 fully saturated rings. The summed E-state index contributed by atoms with van der Waals surface area (Å²) in [5.41, 5.74) is 4.25. The first kappa shape index (κ1) is 35.8. The van der Waals surface area contributed by atoms with E-state index in [2.05, 4.69) is 25.2 Å². The van der Waals surface area contributed by atoms with E-state index in [0.29, 0.717) is 17.7 Å². The Kier molecular flexibility index (Phi) is 16.6. The van der Waals surface area contributed by atoms with E-state index in [-0.39, 0.29) is 36.3 Å². The van der Waals surface area contributed by atoms with E-state index in [1.807, 2.05) is 61.3 Å². The molecule has 2 aromatic rings. The molecule has 0 radical (unpaired) electrons. The number of amides is 1. The second-order valence-electron chi connectivity index (χ2n) is 11.0. The first-order chi connectivity index (χ1) is 19.3. The Morgan fingerprint density at radius 2 is 1.80 bits per heavy atom. The molecule has 5 nitrogen and oxygen atoms in total. The third kappa shape index (κ3) is 11.3. The van der Waals surface area contributed by atoms with Crippen molar-refractivity contribution in [2.45, 2.75) is 96.1 Å². The summed E-state index contributed by atoms with van der Waals surface area (Å²) < 4.78 is 6.73. The van der Waals surface area contributed by atoms with Gasteiger partial charge in [-0.3, -0.25) is 4.79 Å². The van der Waals surface area contributed by atoms with Gasteiger partial charge in [0.15, 0.2) is 0 Å². The number of ether oxygens (including phenoxy) is 1. The van der Waals surface area contributed by atoms with Crippen molar-refractivity contribution in [1.29, 1.82) is 0 Å². The van der Waals surface area contributed by atoms with Gasteiger partial charge in [-0.05, 0) is 91.2 Å². The van der Waals surface area contributed by atoms with E-state index in [1.165, 1.54) is 32.1 Å². The van der Waals surface area contributed by atoms with Crippen molar-refractivity contribution in [3.63, 3.8) is 0 Å². The minimum atomic E-state index is -1.01. The number of aryl methyl sites for hydroxylation is 1. The normalized spacial score (nSPS) is 15.9. The standard InChI is InChI=1S/C33H47NO4S2.Li.H/c1-5-6-19-40-33(38-24(3)21-25-13-8-7-9-14-25)26-16-17-28(29(22-26)27-15-11-10-12-23(27)2)31(35)34-30(32(36)37)18-20-39-4;;/h10-12,15-17,22,24-25,30,33H,5-9,13-14,18-21H2,1-4H3,(H,34,35)(H,36,37);;. The number of hydrogen-bond acceptors (Lipinski definition) is 5. The summed E-state index contributed by atoms with van der Waals surface area (Å²) in [7, 11) is 0. The van der Waals surface area contributed by atoms with Gasteiger partial charge in [0.05, 0.1) is 6.10 Å². The molecule has 1 aliphatic carbocycles. The second kappa shape index (κ2) is 19.0. The van der Waals surface area contributed by atoms with Crippen LogP contribution in [0.25, 0.3) is 11.1 Å². The van der Waals surface area contributed by atoms with Gasteiger partial charge in [0.2, 0.25) is 0 Å². The molecule has 1 amide bonds. The van der Waals surface area contributed by atoms with Crippen molar-refractivity contribution >= 4 is 54.3 Å². The maximum atomic E-state index is 13.5. The van der Waals surface area contributed by atoms with Crippen LogP contribution in [0.5, 0.6) is 0 Å². The zero-order valence-corrected chi connectivity index (χ0v) is 26.3. The molecule has 8 heteroatoms. The Morgan fingerprint density at radius 3 is 2.46 bits per heavy atom. The molecule has 1 saturated carbocycles. The maximum absolute atomic E-state index is 13.5. The van der Waals surface area contributed by atoms with Crippen LogP contribution in [0.15, 0.2) is 42.5 Å². The van der Waals surface area contributed by atoms with Crippen molar-refractivity contribution in [3.05, 3.63) is 59.2 Å². The molecule has 41 heavy (non-hydrogen) atoms. The second-order valence-corrected chi connectivity index (χ2v) is 13.2. The minimum absolute atomic E-state index is 0. The number of hydrogen-bond donors (Lipinski definition) is 2. The molecule has 3 unspecified atom stereocenters. The number of carbonyl (C=O) groups excluding carboxylic acids is 1. The fourth-order valence-electron chi connectivity index (χ4n) is 5.44. The van der Waals surface area contributed by atoms with Crippen LogP contribution in [-0.4, -0.2) is 65.8 Å². The monoisotopic (exact) mass is 593 g/mol. The van der Waals surface area contributed by atoms with Gasteiger partial charge >= 0.3 is 24.8 Å². The third-order valence-electron chi connectivity index (χ3n) is 7.72. The molecule has 0 aliphatic heterocycles. The van der Waals surface area contributed by atoms with Crippen LogP contribution in [0.2, 0.25) is 0 Å². The van der Waals surface area contributed by atoms with Crippen LogP contribution in [-0.2, 0) is 9.53 Å².